The predicted octanol–water partition coefficient (Wildman–Crippen LogP) is 2.41. The van der Waals surface area contributed by atoms with Gasteiger partial charge in [0.15, 0.2) is 0 Å². The summed E-state index contributed by atoms with van der Waals surface area (Å²) >= 11 is 1.41. The summed E-state index contributed by atoms with van der Waals surface area (Å²) in [5.41, 5.74) is -0.0908. The quantitative estimate of drug-likeness (QED) is 0.643. The molecule has 0 aliphatic carbocycles. The van der Waals surface area contributed by atoms with Gasteiger partial charge in [0.05, 0.1) is 0 Å². The van der Waals surface area contributed by atoms with Gasteiger partial charge in [0.1, 0.15) is 5.01 Å². The summed E-state index contributed by atoms with van der Waals surface area (Å²) in [7, 11) is 0. The molecule has 2 amide bonds. The molecule has 0 bridgehead atoms. The van der Waals surface area contributed by atoms with Crippen molar-refractivity contribution in [3.05, 3.63) is 5.01 Å². The van der Waals surface area contributed by atoms with Crippen molar-refractivity contribution in [2.75, 3.05) is 18.5 Å². The second kappa shape index (κ2) is 8.16. The van der Waals surface area contributed by atoms with Gasteiger partial charge in [-0.1, -0.05) is 32.1 Å². The Kier molecular flexibility index (Phi) is 6.87. The van der Waals surface area contributed by atoms with E-state index in [1.165, 1.54) is 11.3 Å². The van der Waals surface area contributed by atoms with Gasteiger partial charge in [-0.15, -0.1) is 10.2 Å². The Morgan fingerprint density at radius 1 is 1.40 bits per heavy atom. The summed E-state index contributed by atoms with van der Waals surface area (Å²) in [6.07, 6.45) is 3.60. The van der Waals surface area contributed by atoms with Gasteiger partial charge in [0.25, 0.3) is 0 Å². The molecule has 1 heterocycles. The average molecular weight is 300 g/mol. The molecule has 0 unspecified atom stereocenters. The van der Waals surface area contributed by atoms with Crippen molar-refractivity contribution in [2.24, 2.45) is 5.41 Å². The number of carbonyl (C=O) groups is 1. The second-order valence-electron chi connectivity index (χ2n) is 5.56. The van der Waals surface area contributed by atoms with Gasteiger partial charge >= 0.3 is 6.03 Å². The maximum absolute atomic E-state index is 11.6. The SMILES string of the molecule is CCCc1nnc(NC(=O)NCCCC(C)(C)CO)s1. The third-order valence-corrected chi connectivity index (χ3v) is 3.79. The molecule has 0 atom stereocenters. The largest absolute Gasteiger partial charge is 0.396 e. The number of hydrogen-bond acceptors (Lipinski definition) is 5. The van der Waals surface area contributed by atoms with Crippen LogP contribution in [0.15, 0.2) is 0 Å². The third kappa shape index (κ3) is 6.29. The van der Waals surface area contributed by atoms with Crippen molar-refractivity contribution in [1.82, 2.24) is 15.5 Å². The number of hydrogen-bond donors (Lipinski definition) is 3. The van der Waals surface area contributed by atoms with E-state index in [0.29, 0.717) is 11.7 Å². The topological polar surface area (TPSA) is 87.1 Å². The predicted molar refractivity (Wildman–Crippen MR) is 81.0 cm³/mol. The van der Waals surface area contributed by atoms with E-state index >= 15 is 0 Å². The fourth-order valence-electron chi connectivity index (χ4n) is 1.61. The molecule has 0 aliphatic rings. The molecule has 3 N–H and O–H groups in total. The van der Waals surface area contributed by atoms with Gasteiger partial charge in [-0.25, -0.2) is 4.79 Å². The highest BCUT2D eigenvalue weighted by Gasteiger charge is 2.15. The number of aliphatic hydroxyl groups is 1. The molecule has 6 nitrogen and oxygen atoms in total. The molecule has 0 spiro atoms. The van der Waals surface area contributed by atoms with Crippen LogP contribution in [0.5, 0.6) is 0 Å². The summed E-state index contributed by atoms with van der Waals surface area (Å²) in [4.78, 5) is 11.6. The van der Waals surface area contributed by atoms with Gasteiger partial charge in [-0.05, 0) is 24.7 Å². The van der Waals surface area contributed by atoms with E-state index in [4.69, 9.17) is 5.11 Å². The van der Waals surface area contributed by atoms with E-state index in [0.717, 1.165) is 30.7 Å². The first-order valence-electron chi connectivity index (χ1n) is 6.95. The molecule has 20 heavy (non-hydrogen) atoms. The zero-order chi connectivity index (χ0) is 15.0. The molecule has 1 aromatic rings. The number of anilines is 1. The van der Waals surface area contributed by atoms with Gasteiger partial charge in [0, 0.05) is 19.6 Å². The third-order valence-electron chi connectivity index (χ3n) is 2.90. The van der Waals surface area contributed by atoms with Crippen molar-refractivity contribution >= 4 is 22.5 Å². The van der Waals surface area contributed by atoms with Crippen LogP contribution < -0.4 is 10.6 Å². The van der Waals surface area contributed by atoms with Crippen molar-refractivity contribution in [3.8, 4) is 0 Å². The lowest BCUT2D eigenvalue weighted by Gasteiger charge is -2.21. The van der Waals surface area contributed by atoms with Gasteiger partial charge in [-0.3, -0.25) is 5.32 Å². The van der Waals surface area contributed by atoms with E-state index in [1.54, 1.807) is 0 Å². The normalized spacial score (nSPS) is 11.4. The van der Waals surface area contributed by atoms with Crippen molar-refractivity contribution in [1.29, 1.82) is 0 Å². The zero-order valence-electron chi connectivity index (χ0n) is 12.4. The maximum Gasteiger partial charge on any atom is 0.321 e. The minimum absolute atomic E-state index is 0.0908. The van der Waals surface area contributed by atoms with Gasteiger partial charge < -0.3 is 10.4 Å². The fourth-order valence-corrected chi connectivity index (χ4v) is 2.44. The lowest BCUT2D eigenvalue weighted by atomic mass is 9.89. The van der Waals surface area contributed by atoms with Crippen LogP contribution in [0.3, 0.4) is 0 Å². The number of aryl methyl sites for hydroxylation is 1. The molecule has 0 radical (unpaired) electrons. The molecular formula is C13H24N4O2S. The summed E-state index contributed by atoms with van der Waals surface area (Å²) in [5.74, 6) is 0. The summed E-state index contributed by atoms with van der Waals surface area (Å²) < 4.78 is 0. The molecule has 0 aliphatic heterocycles. The number of rotatable bonds is 8. The number of amides is 2. The fraction of sp³-hybridized carbons (Fsp3) is 0.769. The highest BCUT2D eigenvalue weighted by molar-refractivity contribution is 7.15. The Morgan fingerprint density at radius 2 is 2.15 bits per heavy atom. The standard InChI is InChI=1S/C13H24N4O2S/c1-4-6-10-16-17-12(20-10)15-11(19)14-8-5-7-13(2,3)9-18/h18H,4-9H2,1-3H3,(H2,14,15,17,19). The summed E-state index contributed by atoms with van der Waals surface area (Å²) in [5, 5.41) is 24.0. The van der Waals surface area contributed by atoms with E-state index in [-0.39, 0.29) is 18.1 Å². The van der Waals surface area contributed by atoms with Crippen LogP contribution in [0.25, 0.3) is 0 Å². The van der Waals surface area contributed by atoms with Crippen LogP contribution in [0, 0.1) is 5.41 Å². The smallest absolute Gasteiger partial charge is 0.321 e. The highest BCUT2D eigenvalue weighted by atomic mass is 32.1. The Labute approximate surface area is 124 Å². The van der Waals surface area contributed by atoms with Crippen LogP contribution in [-0.4, -0.2) is 34.5 Å². The summed E-state index contributed by atoms with van der Waals surface area (Å²) in [6.45, 7) is 6.82. The highest BCUT2D eigenvalue weighted by Crippen LogP contribution is 2.20. The van der Waals surface area contributed by atoms with Crippen LogP contribution in [0.1, 0.15) is 45.0 Å². The molecule has 0 aromatic carbocycles. The van der Waals surface area contributed by atoms with Crippen molar-refractivity contribution < 1.29 is 9.90 Å². The van der Waals surface area contributed by atoms with Crippen LogP contribution in [0.4, 0.5) is 9.93 Å². The number of carbonyl (C=O) groups excluding carboxylic acids is 1. The number of urea groups is 1. The molecule has 7 heteroatoms. The molecule has 1 rings (SSSR count). The monoisotopic (exact) mass is 300 g/mol. The molecule has 1 aromatic heterocycles. The molecule has 0 saturated heterocycles. The number of aliphatic hydroxyl groups excluding tert-OH is 1. The minimum Gasteiger partial charge on any atom is -0.396 e. The first kappa shape index (κ1) is 16.8. The number of nitrogens with zero attached hydrogens (tertiary/aromatic N) is 2. The molecule has 0 fully saturated rings. The Balaban J connectivity index is 2.23. The first-order valence-corrected chi connectivity index (χ1v) is 7.76. The minimum atomic E-state index is -0.258. The average Bonchev–Trinajstić information content (AvgIpc) is 2.82. The van der Waals surface area contributed by atoms with Gasteiger partial charge in [0.2, 0.25) is 5.13 Å². The second-order valence-corrected chi connectivity index (χ2v) is 6.62. The van der Waals surface area contributed by atoms with Crippen LogP contribution in [0.2, 0.25) is 0 Å². The van der Waals surface area contributed by atoms with Gasteiger partial charge in [-0.2, -0.15) is 0 Å². The molecule has 114 valence electrons. The van der Waals surface area contributed by atoms with E-state index in [1.807, 2.05) is 13.8 Å². The van der Waals surface area contributed by atoms with Crippen LogP contribution >= 0.6 is 11.3 Å². The maximum atomic E-state index is 11.6. The van der Waals surface area contributed by atoms with E-state index in [2.05, 4.69) is 27.8 Å². The van der Waals surface area contributed by atoms with E-state index < -0.39 is 0 Å². The van der Waals surface area contributed by atoms with E-state index in [9.17, 15) is 4.79 Å². The van der Waals surface area contributed by atoms with Crippen LogP contribution in [-0.2, 0) is 6.42 Å². The lowest BCUT2D eigenvalue weighted by Crippen LogP contribution is -2.30. The molecule has 0 saturated carbocycles. The molecular weight excluding hydrogens is 276 g/mol. The first-order chi connectivity index (χ1) is 9.46. The van der Waals surface area contributed by atoms with Crippen molar-refractivity contribution in [3.63, 3.8) is 0 Å². The van der Waals surface area contributed by atoms with Crippen molar-refractivity contribution in [2.45, 2.75) is 46.5 Å². The Hall–Kier alpha value is -1.21. The Morgan fingerprint density at radius 3 is 2.80 bits per heavy atom. The Bertz CT molecular complexity index is 420. The summed E-state index contributed by atoms with van der Waals surface area (Å²) in [6, 6.07) is -0.258. The lowest BCUT2D eigenvalue weighted by molar-refractivity contribution is 0.148. The number of nitrogens with one attached hydrogen (secondary N) is 2. The number of aromatic nitrogens is 2. The zero-order valence-corrected chi connectivity index (χ0v) is 13.2.